The van der Waals surface area contributed by atoms with Gasteiger partial charge >= 0.3 is 0 Å². The molecule has 18 heavy (non-hydrogen) atoms. The summed E-state index contributed by atoms with van der Waals surface area (Å²) >= 11 is 5.87. The van der Waals surface area contributed by atoms with Crippen LogP contribution in [0.3, 0.4) is 0 Å². The fourth-order valence-electron chi connectivity index (χ4n) is 1.97. The maximum Gasteiger partial charge on any atom is 0.0406 e. The molecule has 1 nitrogen and oxygen atoms in total. The van der Waals surface area contributed by atoms with Crippen LogP contribution in [-0.4, -0.2) is 6.54 Å². The van der Waals surface area contributed by atoms with Gasteiger partial charge in [-0.25, -0.2) is 0 Å². The SMILES string of the molecule is NCCCc1ccc(Cc2ccc(Cl)cc2)cc1. The van der Waals surface area contributed by atoms with Gasteiger partial charge in [-0.05, 0) is 54.6 Å². The minimum absolute atomic E-state index is 0.756. The predicted octanol–water partition coefficient (Wildman–Crippen LogP) is 3.82. The fraction of sp³-hybridized carbons (Fsp3) is 0.250. The molecular weight excluding hydrogens is 242 g/mol. The van der Waals surface area contributed by atoms with Crippen LogP contribution in [0.4, 0.5) is 0 Å². The smallest absolute Gasteiger partial charge is 0.0406 e. The Morgan fingerprint density at radius 2 is 1.28 bits per heavy atom. The average Bonchev–Trinajstić information content (AvgIpc) is 2.41. The summed E-state index contributed by atoms with van der Waals surface area (Å²) in [5, 5.41) is 0.788. The molecule has 0 heterocycles. The number of aryl methyl sites for hydroxylation is 1. The zero-order valence-corrected chi connectivity index (χ0v) is 11.2. The van der Waals surface area contributed by atoms with Crippen molar-refractivity contribution in [3.8, 4) is 0 Å². The Hall–Kier alpha value is -1.31. The van der Waals surface area contributed by atoms with Crippen LogP contribution in [-0.2, 0) is 12.8 Å². The topological polar surface area (TPSA) is 26.0 Å². The van der Waals surface area contributed by atoms with E-state index in [1.165, 1.54) is 16.7 Å². The molecule has 2 aromatic rings. The maximum atomic E-state index is 5.87. The second-order valence-electron chi connectivity index (χ2n) is 4.51. The van der Waals surface area contributed by atoms with E-state index in [2.05, 4.69) is 36.4 Å². The van der Waals surface area contributed by atoms with E-state index >= 15 is 0 Å². The molecule has 0 bridgehead atoms. The van der Waals surface area contributed by atoms with Crippen LogP contribution < -0.4 is 5.73 Å². The molecule has 2 rings (SSSR count). The lowest BCUT2D eigenvalue weighted by Crippen LogP contribution is -2.00. The second-order valence-corrected chi connectivity index (χ2v) is 4.95. The van der Waals surface area contributed by atoms with Gasteiger partial charge in [-0.2, -0.15) is 0 Å². The zero-order valence-electron chi connectivity index (χ0n) is 10.4. The summed E-state index contributed by atoms with van der Waals surface area (Å²) in [6.45, 7) is 0.756. The maximum absolute atomic E-state index is 5.87. The van der Waals surface area contributed by atoms with Crippen LogP contribution in [0.15, 0.2) is 48.5 Å². The standard InChI is InChI=1S/C16H18ClN/c17-16-9-7-15(8-10-16)12-14-5-3-13(4-6-14)2-1-11-18/h3-10H,1-2,11-12,18H2. The molecule has 0 aliphatic heterocycles. The third-order valence-electron chi connectivity index (χ3n) is 3.01. The summed E-state index contributed by atoms with van der Waals surface area (Å²) in [6.07, 6.45) is 3.07. The van der Waals surface area contributed by atoms with Crippen molar-refractivity contribution in [2.45, 2.75) is 19.3 Å². The van der Waals surface area contributed by atoms with Crippen LogP contribution in [0, 0.1) is 0 Å². The van der Waals surface area contributed by atoms with Crippen LogP contribution in [0.1, 0.15) is 23.1 Å². The molecule has 2 aromatic carbocycles. The lowest BCUT2D eigenvalue weighted by molar-refractivity contribution is 0.832. The molecule has 2 N–H and O–H groups in total. The van der Waals surface area contributed by atoms with Crippen molar-refractivity contribution >= 4 is 11.6 Å². The van der Waals surface area contributed by atoms with Crippen molar-refractivity contribution in [1.82, 2.24) is 0 Å². The predicted molar refractivity (Wildman–Crippen MR) is 78.1 cm³/mol. The Morgan fingerprint density at radius 1 is 0.778 bits per heavy atom. The van der Waals surface area contributed by atoms with E-state index in [1.807, 2.05) is 12.1 Å². The molecule has 0 aromatic heterocycles. The monoisotopic (exact) mass is 259 g/mol. The first kappa shape index (κ1) is 13.1. The molecule has 0 atom stereocenters. The molecule has 0 fully saturated rings. The molecule has 94 valence electrons. The largest absolute Gasteiger partial charge is 0.330 e. The van der Waals surface area contributed by atoms with Crippen LogP contribution in [0.5, 0.6) is 0 Å². The molecule has 0 aliphatic rings. The molecule has 2 heteroatoms. The van der Waals surface area contributed by atoms with Gasteiger partial charge in [0.2, 0.25) is 0 Å². The van der Waals surface area contributed by atoms with E-state index in [0.717, 1.165) is 30.8 Å². The molecule has 0 unspecified atom stereocenters. The minimum Gasteiger partial charge on any atom is -0.330 e. The van der Waals surface area contributed by atoms with Gasteiger partial charge in [0, 0.05) is 5.02 Å². The first-order valence-corrected chi connectivity index (χ1v) is 6.68. The molecule has 0 radical (unpaired) electrons. The Kier molecular flexibility index (Phi) is 4.80. The number of hydrogen-bond acceptors (Lipinski definition) is 1. The zero-order chi connectivity index (χ0) is 12.8. The van der Waals surface area contributed by atoms with Gasteiger partial charge < -0.3 is 5.73 Å². The fourth-order valence-corrected chi connectivity index (χ4v) is 2.09. The summed E-state index contributed by atoms with van der Waals surface area (Å²) in [7, 11) is 0. The second kappa shape index (κ2) is 6.58. The highest BCUT2D eigenvalue weighted by Crippen LogP contribution is 2.14. The summed E-state index contributed by atoms with van der Waals surface area (Å²) in [4.78, 5) is 0. The van der Waals surface area contributed by atoms with E-state index in [4.69, 9.17) is 17.3 Å². The van der Waals surface area contributed by atoms with E-state index in [0.29, 0.717) is 0 Å². The number of benzene rings is 2. The van der Waals surface area contributed by atoms with E-state index in [1.54, 1.807) is 0 Å². The van der Waals surface area contributed by atoms with E-state index < -0.39 is 0 Å². The van der Waals surface area contributed by atoms with Gasteiger partial charge in [-0.3, -0.25) is 0 Å². The highest BCUT2D eigenvalue weighted by Gasteiger charge is 1.98. The van der Waals surface area contributed by atoms with E-state index in [-0.39, 0.29) is 0 Å². The first-order chi connectivity index (χ1) is 8.78. The summed E-state index contributed by atoms with van der Waals surface area (Å²) in [5.41, 5.74) is 9.49. The molecule has 0 spiro atoms. The number of rotatable bonds is 5. The Balaban J connectivity index is 1.99. The highest BCUT2D eigenvalue weighted by molar-refractivity contribution is 6.30. The summed E-state index contributed by atoms with van der Waals surface area (Å²) in [6, 6.07) is 16.8. The third-order valence-corrected chi connectivity index (χ3v) is 3.27. The number of hydrogen-bond donors (Lipinski definition) is 1. The summed E-state index contributed by atoms with van der Waals surface area (Å²) in [5.74, 6) is 0. The van der Waals surface area contributed by atoms with Gasteiger partial charge in [-0.1, -0.05) is 48.0 Å². The van der Waals surface area contributed by atoms with Crippen molar-refractivity contribution in [2.75, 3.05) is 6.54 Å². The summed E-state index contributed by atoms with van der Waals surface area (Å²) < 4.78 is 0. The van der Waals surface area contributed by atoms with E-state index in [9.17, 15) is 0 Å². The molecule has 0 aliphatic carbocycles. The Bertz CT molecular complexity index is 473. The van der Waals surface area contributed by atoms with Crippen molar-refractivity contribution in [2.24, 2.45) is 5.73 Å². The van der Waals surface area contributed by atoms with Gasteiger partial charge in [-0.15, -0.1) is 0 Å². The Labute approximate surface area is 114 Å². The van der Waals surface area contributed by atoms with Crippen molar-refractivity contribution < 1.29 is 0 Å². The lowest BCUT2D eigenvalue weighted by atomic mass is 10.0. The van der Waals surface area contributed by atoms with Crippen molar-refractivity contribution in [1.29, 1.82) is 0 Å². The first-order valence-electron chi connectivity index (χ1n) is 6.30. The Morgan fingerprint density at radius 3 is 1.83 bits per heavy atom. The van der Waals surface area contributed by atoms with Gasteiger partial charge in [0.05, 0.1) is 0 Å². The average molecular weight is 260 g/mol. The molecular formula is C16H18ClN. The van der Waals surface area contributed by atoms with Crippen molar-refractivity contribution in [3.05, 3.63) is 70.2 Å². The van der Waals surface area contributed by atoms with Crippen LogP contribution >= 0.6 is 11.6 Å². The van der Waals surface area contributed by atoms with Gasteiger partial charge in [0.15, 0.2) is 0 Å². The number of halogens is 1. The normalized spacial score (nSPS) is 10.6. The van der Waals surface area contributed by atoms with Crippen LogP contribution in [0.2, 0.25) is 5.02 Å². The minimum atomic E-state index is 0.756. The molecule has 0 saturated heterocycles. The highest BCUT2D eigenvalue weighted by atomic mass is 35.5. The molecule has 0 saturated carbocycles. The molecule has 0 amide bonds. The lowest BCUT2D eigenvalue weighted by Gasteiger charge is -2.04. The van der Waals surface area contributed by atoms with Crippen LogP contribution in [0.25, 0.3) is 0 Å². The third kappa shape index (κ3) is 3.86. The van der Waals surface area contributed by atoms with Gasteiger partial charge in [0.1, 0.15) is 0 Å². The van der Waals surface area contributed by atoms with Crippen molar-refractivity contribution in [3.63, 3.8) is 0 Å². The van der Waals surface area contributed by atoms with Gasteiger partial charge in [0.25, 0.3) is 0 Å². The quantitative estimate of drug-likeness (QED) is 0.868. The number of nitrogens with two attached hydrogens (primary N) is 1.